The number of ketones is 2. The van der Waals surface area contributed by atoms with Crippen LogP contribution in [0.1, 0.15) is 11.1 Å². The predicted molar refractivity (Wildman–Crippen MR) is 108 cm³/mol. The SMILES string of the molecule is NCN(Cc1ccccc1)C1=CC(=O)C(N(CN)Cc2ccccc2)=CC1=O. The molecule has 0 spiro atoms. The lowest BCUT2D eigenvalue weighted by Crippen LogP contribution is -2.38. The summed E-state index contributed by atoms with van der Waals surface area (Å²) in [6, 6.07) is 19.4. The Morgan fingerprint density at radius 1 is 0.607 bits per heavy atom. The van der Waals surface area contributed by atoms with Crippen molar-refractivity contribution in [2.45, 2.75) is 13.1 Å². The molecule has 28 heavy (non-hydrogen) atoms. The smallest absolute Gasteiger partial charge is 0.204 e. The van der Waals surface area contributed by atoms with Gasteiger partial charge < -0.3 is 21.3 Å². The molecule has 0 saturated carbocycles. The molecule has 0 atom stereocenters. The third-order valence-electron chi connectivity index (χ3n) is 4.60. The molecular formula is C22H24N4O2. The number of nitrogens with zero attached hydrogens (tertiary/aromatic N) is 2. The molecule has 6 nitrogen and oxygen atoms in total. The molecule has 2 aromatic rings. The van der Waals surface area contributed by atoms with Gasteiger partial charge in [-0.05, 0) is 11.1 Å². The maximum atomic E-state index is 12.8. The molecule has 0 amide bonds. The Morgan fingerprint density at radius 2 is 0.964 bits per heavy atom. The Bertz CT molecular complexity index is 816. The summed E-state index contributed by atoms with van der Waals surface area (Å²) < 4.78 is 0. The van der Waals surface area contributed by atoms with Gasteiger partial charge in [0.2, 0.25) is 11.6 Å². The molecule has 0 radical (unpaired) electrons. The summed E-state index contributed by atoms with van der Waals surface area (Å²) in [6.07, 6.45) is 2.72. The van der Waals surface area contributed by atoms with Crippen molar-refractivity contribution in [1.82, 2.24) is 9.80 Å². The molecule has 144 valence electrons. The number of carbonyl (C=O) groups excluding carboxylic acids is 2. The molecule has 3 rings (SSSR count). The number of nitrogens with two attached hydrogens (primary N) is 2. The van der Waals surface area contributed by atoms with Gasteiger partial charge in [-0.25, -0.2) is 0 Å². The third-order valence-corrected chi connectivity index (χ3v) is 4.60. The van der Waals surface area contributed by atoms with Gasteiger partial charge in [0.1, 0.15) is 0 Å². The van der Waals surface area contributed by atoms with Crippen LogP contribution in [0, 0.1) is 0 Å². The highest BCUT2D eigenvalue weighted by molar-refractivity contribution is 6.19. The maximum absolute atomic E-state index is 12.8. The number of allylic oxidation sites excluding steroid dienone is 2. The highest BCUT2D eigenvalue weighted by Gasteiger charge is 2.27. The number of carbonyl (C=O) groups is 2. The van der Waals surface area contributed by atoms with E-state index in [9.17, 15) is 9.59 Å². The molecule has 1 aliphatic carbocycles. The van der Waals surface area contributed by atoms with Crippen molar-refractivity contribution >= 4 is 11.6 Å². The summed E-state index contributed by atoms with van der Waals surface area (Å²) in [4.78, 5) is 28.9. The summed E-state index contributed by atoms with van der Waals surface area (Å²) in [5.41, 5.74) is 14.3. The molecule has 0 bridgehead atoms. The Balaban J connectivity index is 1.78. The van der Waals surface area contributed by atoms with Crippen molar-refractivity contribution < 1.29 is 9.59 Å². The zero-order chi connectivity index (χ0) is 19.9. The fourth-order valence-corrected chi connectivity index (χ4v) is 3.14. The molecule has 4 N–H and O–H groups in total. The van der Waals surface area contributed by atoms with E-state index in [4.69, 9.17) is 11.5 Å². The van der Waals surface area contributed by atoms with Gasteiger partial charge in [0, 0.05) is 25.2 Å². The van der Waals surface area contributed by atoms with Crippen LogP contribution in [0.3, 0.4) is 0 Å². The lowest BCUT2D eigenvalue weighted by molar-refractivity contribution is -0.117. The minimum absolute atomic E-state index is 0.132. The van der Waals surface area contributed by atoms with E-state index in [2.05, 4.69) is 0 Å². The van der Waals surface area contributed by atoms with E-state index in [1.165, 1.54) is 12.2 Å². The highest BCUT2D eigenvalue weighted by Crippen LogP contribution is 2.21. The first kappa shape index (κ1) is 19.5. The third kappa shape index (κ3) is 4.54. The largest absolute Gasteiger partial charge is 0.351 e. The molecule has 0 aliphatic heterocycles. The standard InChI is InChI=1S/C22H24N4O2/c23-15-25(13-17-7-3-1-4-8-17)19-11-22(28)20(12-21(19)27)26(16-24)14-18-9-5-2-6-10-18/h1-12H,13-16,23-24H2. The van der Waals surface area contributed by atoms with Crippen molar-refractivity contribution in [2.75, 3.05) is 13.3 Å². The number of hydrogen-bond donors (Lipinski definition) is 2. The minimum Gasteiger partial charge on any atom is -0.351 e. The first-order chi connectivity index (χ1) is 13.6. The molecule has 1 aliphatic rings. The van der Waals surface area contributed by atoms with E-state index in [-0.39, 0.29) is 24.9 Å². The first-order valence-electron chi connectivity index (χ1n) is 9.12. The Hall–Kier alpha value is -3.22. The maximum Gasteiger partial charge on any atom is 0.204 e. The minimum atomic E-state index is -0.248. The van der Waals surface area contributed by atoms with Gasteiger partial charge >= 0.3 is 0 Å². The van der Waals surface area contributed by atoms with Crippen molar-refractivity contribution in [1.29, 1.82) is 0 Å². The molecule has 6 heteroatoms. The van der Waals surface area contributed by atoms with Gasteiger partial charge in [-0.15, -0.1) is 0 Å². The molecule has 0 saturated heterocycles. The lowest BCUT2D eigenvalue weighted by Gasteiger charge is -2.29. The quantitative estimate of drug-likeness (QED) is 0.539. The van der Waals surface area contributed by atoms with Crippen LogP contribution in [0.15, 0.2) is 84.2 Å². The molecule has 2 aromatic carbocycles. The zero-order valence-electron chi connectivity index (χ0n) is 15.6. The van der Waals surface area contributed by atoms with Crippen LogP contribution in [0.4, 0.5) is 0 Å². The van der Waals surface area contributed by atoms with Crippen molar-refractivity contribution in [3.05, 3.63) is 95.3 Å². The van der Waals surface area contributed by atoms with E-state index < -0.39 is 0 Å². The van der Waals surface area contributed by atoms with Crippen LogP contribution in [0.5, 0.6) is 0 Å². The van der Waals surface area contributed by atoms with Crippen LogP contribution >= 0.6 is 0 Å². The molecule has 0 heterocycles. The summed E-state index contributed by atoms with van der Waals surface area (Å²) in [7, 11) is 0. The summed E-state index contributed by atoms with van der Waals surface area (Å²) >= 11 is 0. The van der Waals surface area contributed by atoms with Crippen LogP contribution in [0.25, 0.3) is 0 Å². The van der Waals surface area contributed by atoms with Crippen molar-refractivity contribution in [3.8, 4) is 0 Å². The Morgan fingerprint density at radius 3 is 1.29 bits per heavy atom. The van der Waals surface area contributed by atoms with Crippen LogP contribution in [0.2, 0.25) is 0 Å². The van der Waals surface area contributed by atoms with Crippen molar-refractivity contribution in [3.63, 3.8) is 0 Å². The zero-order valence-corrected chi connectivity index (χ0v) is 15.6. The predicted octanol–water partition coefficient (Wildman–Crippen LogP) is 1.74. The average molecular weight is 376 g/mol. The monoisotopic (exact) mass is 376 g/mol. The second kappa shape index (κ2) is 9.12. The Labute approximate surface area is 164 Å². The molecule has 0 unspecified atom stereocenters. The lowest BCUT2D eigenvalue weighted by atomic mass is 10.0. The number of hydrogen-bond acceptors (Lipinski definition) is 6. The second-order valence-electron chi connectivity index (χ2n) is 6.52. The van der Waals surface area contributed by atoms with Gasteiger partial charge in [-0.3, -0.25) is 9.59 Å². The number of rotatable bonds is 8. The van der Waals surface area contributed by atoms with Crippen molar-refractivity contribution in [2.24, 2.45) is 11.5 Å². The average Bonchev–Trinajstić information content (AvgIpc) is 2.73. The van der Waals surface area contributed by atoms with Crippen LogP contribution < -0.4 is 11.5 Å². The normalized spacial score (nSPS) is 13.8. The second-order valence-corrected chi connectivity index (χ2v) is 6.52. The molecular weight excluding hydrogens is 352 g/mol. The van der Waals surface area contributed by atoms with E-state index in [1.807, 2.05) is 60.7 Å². The van der Waals surface area contributed by atoms with E-state index in [0.717, 1.165) is 11.1 Å². The highest BCUT2D eigenvalue weighted by atomic mass is 16.1. The fourth-order valence-electron chi connectivity index (χ4n) is 3.14. The molecule has 0 fully saturated rings. The Kier molecular flexibility index (Phi) is 6.37. The van der Waals surface area contributed by atoms with E-state index in [1.54, 1.807) is 9.80 Å². The topological polar surface area (TPSA) is 92.7 Å². The number of benzene rings is 2. The van der Waals surface area contributed by atoms with Gasteiger partial charge in [0.25, 0.3) is 0 Å². The van der Waals surface area contributed by atoms with Gasteiger partial charge in [0.15, 0.2) is 0 Å². The van der Waals surface area contributed by atoms with Crippen LogP contribution in [-0.4, -0.2) is 34.7 Å². The summed E-state index contributed by atoms with van der Waals surface area (Å²) in [5, 5.41) is 0. The van der Waals surface area contributed by atoms with Gasteiger partial charge in [0.05, 0.1) is 24.7 Å². The van der Waals surface area contributed by atoms with Gasteiger partial charge in [-0.1, -0.05) is 60.7 Å². The van der Waals surface area contributed by atoms with Crippen LogP contribution in [-0.2, 0) is 22.7 Å². The van der Waals surface area contributed by atoms with E-state index in [0.29, 0.717) is 24.5 Å². The summed E-state index contributed by atoms with van der Waals surface area (Å²) in [6.45, 7) is 1.17. The van der Waals surface area contributed by atoms with Gasteiger partial charge in [-0.2, -0.15) is 0 Å². The fraction of sp³-hybridized carbons (Fsp3) is 0.182. The van der Waals surface area contributed by atoms with E-state index >= 15 is 0 Å². The molecule has 0 aromatic heterocycles. The summed E-state index contributed by atoms with van der Waals surface area (Å²) in [5.74, 6) is -0.495. The first-order valence-corrected chi connectivity index (χ1v) is 9.12.